The Hall–Kier alpha value is -2.73. The van der Waals surface area contributed by atoms with Crippen LogP contribution in [0.25, 0.3) is 10.9 Å². The van der Waals surface area contributed by atoms with Crippen molar-refractivity contribution in [3.05, 3.63) is 48.2 Å². The molecular weight excluding hydrogens is 328 g/mol. The predicted octanol–water partition coefficient (Wildman–Crippen LogP) is 2.90. The molecule has 3 aromatic rings. The quantitative estimate of drug-likeness (QED) is 0.765. The topological polar surface area (TPSA) is 53.6 Å². The maximum atomic E-state index is 5.43. The van der Waals surface area contributed by atoms with Crippen molar-refractivity contribution in [1.82, 2.24) is 14.9 Å². The second kappa shape index (κ2) is 7.25. The molecule has 2 aromatic heterocycles. The molecule has 26 heavy (non-hydrogen) atoms. The summed E-state index contributed by atoms with van der Waals surface area (Å²) in [5.41, 5.74) is 3.60. The molecule has 4 rings (SSSR count). The number of H-pyrrole nitrogens is 1. The number of pyridine rings is 1. The van der Waals surface area contributed by atoms with Gasteiger partial charge in [-0.2, -0.15) is 4.98 Å². The number of rotatable bonds is 5. The van der Waals surface area contributed by atoms with Crippen LogP contribution in [0.15, 0.2) is 42.6 Å². The van der Waals surface area contributed by atoms with Crippen LogP contribution in [0.5, 0.6) is 11.8 Å². The van der Waals surface area contributed by atoms with Crippen molar-refractivity contribution in [2.45, 2.75) is 6.54 Å². The van der Waals surface area contributed by atoms with Gasteiger partial charge in [0.1, 0.15) is 0 Å². The molecule has 0 spiro atoms. The molecule has 136 valence electrons. The number of hydrogen-bond acceptors (Lipinski definition) is 5. The van der Waals surface area contributed by atoms with Crippen LogP contribution in [0.4, 0.5) is 5.69 Å². The Bertz CT molecular complexity index is 884. The van der Waals surface area contributed by atoms with Gasteiger partial charge in [-0.3, -0.25) is 4.90 Å². The molecule has 0 radical (unpaired) electrons. The summed E-state index contributed by atoms with van der Waals surface area (Å²) in [6, 6.07) is 12.5. The molecular formula is C20H24N4O2. The minimum absolute atomic E-state index is 0.579. The number of nitrogens with zero attached hydrogens (tertiary/aromatic N) is 3. The van der Waals surface area contributed by atoms with Crippen molar-refractivity contribution < 1.29 is 9.47 Å². The Morgan fingerprint density at radius 3 is 2.62 bits per heavy atom. The summed E-state index contributed by atoms with van der Waals surface area (Å²) in [7, 11) is 3.27. The smallest absolute Gasteiger partial charge is 0.220 e. The van der Waals surface area contributed by atoms with E-state index in [0.29, 0.717) is 11.8 Å². The Labute approximate surface area is 153 Å². The predicted molar refractivity (Wildman–Crippen MR) is 103 cm³/mol. The van der Waals surface area contributed by atoms with Gasteiger partial charge in [-0.25, -0.2) is 0 Å². The number of nitrogens with one attached hydrogen (secondary N) is 1. The first-order valence-corrected chi connectivity index (χ1v) is 8.90. The van der Waals surface area contributed by atoms with E-state index in [1.807, 2.05) is 18.3 Å². The van der Waals surface area contributed by atoms with Crippen LogP contribution >= 0.6 is 0 Å². The number of hydrogen-bond donors (Lipinski definition) is 1. The van der Waals surface area contributed by atoms with Crippen LogP contribution in [-0.2, 0) is 6.54 Å². The van der Waals surface area contributed by atoms with Gasteiger partial charge in [0.2, 0.25) is 11.8 Å². The lowest BCUT2D eigenvalue weighted by Gasteiger charge is -2.36. The van der Waals surface area contributed by atoms with Crippen LogP contribution in [-0.4, -0.2) is 55.3 Å². The zero-order valence-corrected chi connectivity index (χ0v) is 15.2. The zero-order chi connectivity index (χ0) is 17.9. The summed E-state index contributed by atoms with van der Waals surface area (Å²) in [5, 5.41) is 1.29. The highest BCUT2D eigenvalue weighted by atomic mass is 16.5. The average molecular weight is 352 g/mol. The molecule has 0 atom stereocenters. The van der Waals surface area contributed by atoms with Gasteiger partial charge in [-0.15, -0.1) is 0 Å². The van der Waals surface area contributed by atoms with Crippen molar-refractivity contribution in [1.29, 1.82) is 0 Å². The summed E-state index contributed by atoms with van der Waals surface area (Å²) in [4.78, 5) is 12.6. The van der Waals surface area contributed by atoms with Crippen LogP contribution < -0.4 is 14.4 Å². The van der Waals surface area contributed by atoms with E-state index in [1.54, 1.807) is 14.2 Å². The maximum Gasteiger partial charge on any atom is 0.220 e. The van der Waals surface area contributed by atoms with Gasteiger partial charge in [0, 0.05) is 67.1 Å². The third-order valence-electron chi connectivity index (χ3n) is 4.99. The van der Waals surface area contributed by atoms with Gasteiger partial charge in [0.25, 0.3) is 0 Å². The van der Waals surface area contributed by atoms with Crippen LogP contribution in [0.2, 0.25) is 0 Å². The Morgan fingerprint density at radius 1 is 1.00 bits per heavy atom. The highest BCUT2D eigenvalue weighted by Gasteiger charge is 2.20. The van der Waals surface area contributed by atoms with Crippen LogP contribution in [0, 0.1) is 0 Å². The summed E-state index contributed by atoms with van der Waals surface area (Å²) in [5.74, 6) is 1.22. The molecule has 6 nitrogen and oxygen atoms in total. The monoisotopic (exact) mass is 352 g/mol. The Balaban J connectivity index is 1.43. The van der Waals surface area contributed by atoms with E-state index in [0.717, 1.165) is 38.3 Å². The van der Waals surface area contributed by atoms with Gasteiger partial charge in [0.05, 0.1) is 14.2 Å². The normalized spacial score (nSPS) is 15.4. The number of methoxy groups -OCH3 is 2. The largest absolute Gasteiger partial charge is 0.481 e. The number of benzene rings is 1. The van der Waals surface area contributed by atoms with E-state index in [9.17, 15) is 0 Å². The summed E-state index contributed by atoms with van der Waals surface area (Å²) < 4.78 is 10.6. The number of aromatic amines is 1. The van der Waals surface area contributed by atoms with Crippen molar-refractivity contribution in [2.75, 3.05) is 45.3 Å². The number of piperazine rings is 1. The Kier molecular flexibility index (Phi) is 4.67. The van der Waals surface area contributed by atoms with Gasteiger partial charge in [-0.1, -0.05) is 6.07 Å². The molecule has 1 aliphatic rings. The third kappa shape index (κ3) is 3.20. The fourth-order valence-electron chi connectivity index (χ4n) is 3.60. The molecule has 6 heteroatoms. The molecule has 0 saturated carbocycles. The van der Waals surface area contributed by atoms with Gasteiger partial charge in [0.15, 0.2) is 0 Å². The van der Waals surface area contributed by atoms with Gasteiger partial charge >= 0.3 is 0 Å². The number of aromatic nitrogens is 2. The lowest BCUT2D eigenvalue weighted by Crippen LogP contribution is -2.46. The fraction of sp³-hybridized carbons (Fsp3) is 0.350. The van der Waals surface area contributed by atoms with E-state index >= 15 is 0 Å². The average Bonchev–Trinajstić information content (AvgIpc) is 3.18. The highest BCUT2D eigenvalue weighted by molar-refractivity contribution is 5.92. The molecule has 0 bridgehead atoms. The summed E-state index contributed by atoms with van der Waals surface area (Å²) in [6.07, 6.45) is 2.01. The molecule has 1 saturated heterocycles. The first-order chi connectivity index (χ1) is 12.8. The summed E-state index contributed by atoms with van der Waals surface area (Å²) >= 11 is 0. The van der Waals surface area contributed by atoms with Crippen molar-refractivity contribution >= 4 is 16.6 Å². The van der Waals surface area contributed by atoms with E-state index in [4.69, 9.17) is 9.47 Å². The minimum atomic E-state index is 0.579. The second-order valence-electron chi connectivity index (χ2n) is 6.50. The maximum absolute atomic E-state index is 5.43. The molecule has 1 aromatic carbocycles. The fourth-order valence-corrected chi connectivity index (χ4v) is 3.60. The molecule has 0 aliphatic carbocycles. The molecule has 3 heterocycles. The molecule has 1 N–H and O–H groups in total. The Morgan fingerprint density at radius 2 is 1.85 bits per heavy atom. The lowest BCUT2D eigenvalue weighted by atomic mass is 10.1. The first-order valence-electron chi connectivity index (χ1n) is 8.90. The lowest BCUT2D eigenvalue weighted by molar-refractivity contribution is 0.244. The molecule has 1 aliphatic heterocycles. The highest BCUT2D eigenvalue weighted by Crippen LogP contribution is 2.28. The second-order valence-corrected chi connectivity index (χ2v) is 6.50. The van der Waals surface area contributed by atoms with E-state index in [-0.39, 0.29) is 0 Å². The third-order valence-corrected chi connectivity index (χ3v) is 4.99. The number of fused-ring (bicyclic) bond motifs is 1. The van der Waals surface area contributed by atoms with Crippen LogP contribution in [0.3, 0.4) is 0 Å². The SMILES string of the molecule is COc1ccc(CN2CCN(c3cccc4[nH]ccc34)CC2)c(OC)n1. The van der Waals surface area contributed by atoms with Crippen molar-refractivity contribution in [3.63, 3.8) is 0 Å². The van der Waals surface area contributed by atoms with Gasteiger partial charge < -0.3 is 19.4 Å². The van der Waals surface area contributed by atoms with E-state index in [2.05, 4.69) is 44.0 Å². The minimum Gasteiger partial charge on any atom is -0.481 e. The van der Waals surface area contributed by atoms with Crippen molar-refractivity contribution in [3.8, 4) is 11.8 Å². The molecule has 0 amide bonds. The zero-order valence-electron chi connectivity index (χ0n) is 15.2. The molecule has 0 unspecified atom stereocenters. The molecule has 1 fully saturated rings. The first kappa shape index (κ1) is 16.7. The standard InChI is InChI=1S/C20H24N4O2/c1-25-19-7-6-15(20(22-19)26-2)14-23-10-12-24(13-11-23)18-5-3-4-17-16(18)8-9-21-17/h3-9,21H,10-14H2,1-2H3. The van der Waals surface area contributed by atoms with E-state index in [1.165, 1.54) is 16.6 Å². The van der Waals surface area contributed by atoms with E-state index < -0.39 is 0 Å². The van der Waals surface area contributed by atoms with Gasteiger partial charge in [-0.05, 0) is 24.3 Å². The van der Waals surface area contributed by atoms with Crippen molar-refractivity contribution in [2.24, 2.45) is 0 Å². The number of ether oxygens (including phenoxy) is 2. The number of anilines is 1. The van der Waals surface area contributed by atoms with Crippen LogP contribution in [0.1, 0.15) is 5.56 Å². The summed E-state index contributed by atoms with van der Waals surface area (Å²) in [6.45, 7) is 4.88.